The SMILES string of the molecule is N/N=C/C(=N\N)C(O)C(O)C(O)CO. The average molecular weight is 206 g/mol. The van der Waals surface area contributed by atoms with E-state index in [1.54, 1.807) is 0 Å². The van der Waals surface area contributed by atoms with Gasteiger partial charge in [0.05, 0.1) is 12.8 Å². The summed E-state index contributed by atoms with van der Waals surface area (Å²) in [6, 6.07) is 0. The molecule has 0 aromatic rings. The third kappa shape index (κ3) is 3.26. The number of nitrogens with zero attached hydrogens (tertiary/aromatic N) is 2. The highest BCUT2D eigenvalue weighted by molar-refractivity contribution is 6.32. The Kier molecular flexibility index (Phi) is 5.72. The Bertz CT molecular complexity index is 220. The van der Waals surface area contributed by atoms with Gasteiger partial charge in [-0.3, -0.25) is 0 Å². The van der Waals surface area contributed by atoms with Gasteiger partial charge in [-0.15, -0.1) is 0 Å². The standard InChI is InChI=1S/C6H14N4O4/c7-9-1-3(10-8)5(13)6(14)4(12)2-11/h1,4-6,11-14H,2,7-8H2/b9-1+,10-3+. The van der Waals surface area contributed by atoms with Crippen molar-refractivity contribution in [3.63, 3.8) is 0 Å². The summed E-state index contributed by atoms with van der Waals surface area (Å²) in [4.78, 5) is 0. The summed E-state index contributed by atoms with van der Waals surface area (Å²) in [5.41, 5.74) is -0.201. The predicted octanol–water partition coefficient (Wildman–Crippen LogP) is -3.68. The van der Waals surface area contributed by atoms with Crippen LogP contribution in [0.4, 0.5) is 0 Å². The van der Waals surface area contributed by atoms with Gasteiger partial charge in [0.1, 0.15) is 24.0 Å². The van der Waals surface area contributed by atoms with Crippen molar-refractivity contribution in [2.75, 3.05) is 6.61 Å². The molecule has 0 radical (unpaired) electrons. The minimum absolute atomic E-state index is 0.201. The molecular weight excluding hydrogens is 192 g/mol. The van der Waals surface area contributed by atoms with Crippen LogP contribution < -0.4 is 11.7 Å². The highest BCUT2D eigenvalue weighted by Gasteiger charge is 2.27. The monoisotopic (exact) mass is 206 g/mol. The number of hydrogen-bond acceptors (Lipinski definition) is 8. The summed E-state index contributed by atoms with van der Waals surface area (Å²) < 4.78 is 0. The van der Waals surface area contributed by atoms with E-state index in [4.69, 9.17) is 21.9 Å². The first-order chi connectivity index (χ1) is 6.58. The van der Waals surface area contributed by atoms with E-state index in [1.165, 1.54) is 0 Å². The highest BCUT2D eigenvalue weighted by atomic mass is 16.4. The molecule has 0 aromatic heterocycles. The maximum Gasteiger partial charge on any atom is 0.128 e. The van der Waals surface area contributed by atoms with Crippen molar-refractivity contribution in [3.05, 3.63) is 0 Å². The molecule has 3 unspecified atom stereocenters. The van der Waals surface area contributed by atoms with Crippen LogP contribution in [-0.2, 0) is 0 Å². The summed E-state index contributed by atoms with van der Waals surface area (Å²) in [6.45, 7) is -0.699. The quantitative estimate of drug-likeness (QED) is 0.154. The lowest BCUT2D eigenvalue weighted by molar-refractivity contribution is -0.0549. The molecule has 8 heteroatoms. The van der Waals surface area contributed by atoms with Crippen LogP contribution >= 0.6 is 0 Å². The molecule has 0 saturated carbocycles. The number of aliphatic hydroxyl groups excluding tert-OH is 4. The zero-order valence-electron chi connectivity index (χ0n) is 7.35. The van der Waals surface area contributed by atoms with E-state index in [-0.39, 0.29) is 5.71 Å². The zero-order valence-corrected chi connectivity index (χ0v) is 7.35. The van der Waals surface area contributed by atoms with Crippen molar-refractivity contribution in [1.29, 1.82) is 0 Å². The highest BCUT2D eigenvalue weighted by Crippen LogP contribution is 2.01. The van der Waals surface area contributed by atoms with Crippen LogP contribution in [0.25, 0.3) is 0 Å². The van der Waals surface area contributed by atoms with E-state index in [1.807, 2.05) is 0 Å². The van der Waals surface area contributed by atoms with Crippen molar-refractivity contribution >= 4 is 11.9 Å². The van der Waals surface area contributed by atoms with Crippen molar-refractivity contribution in [1.82, 2.24) is 0 Å². The second-order valence-electron chi connectivity index (χ2n) is 2.52. The lowest BCUT2D eigenvalue weighted by atomic mass is 10.0. The fourth-order valence-corrected chi connectivity index (χ4v) is 0.756. The molecule has 0 spiro atoms. The van der Waals surface area contributed by atoms with Gasteiger partial charge in [0.15, 0.2) is 0 Å². The van der Waals surface area contributed by atoms with E-state index in [2.05, 4.69) is 10.2 Å². The number of rotatable bonds is 5. The van der Waals surface area contributed by atoms with E-state index in [9.17, 15) is 10.2 Å². The van der Waals surface area contributed by atoms with E-state index in [0.29, 0.717) is 0 Å². The Hall–Kier alpha value is -1.22. The summed E-state index contributed by atoms with van der Waals surface area (Å²) in [5, 5.41) is 42.2. The van der Waals surface area contributed by atoms with Crippen molar-refractivity contribution in [2.24, 2.45) is 21.9 Å². The summed E-state index contributed by atoms with van der Waals surface area (Å²) in [6.07, 6.45) is -3.74. The number of aliphatic hydroxyl groups is 4. The normalized spacial score (nSPS) is 19.6. The molecule has 0 heterocycles. The van der Waals surface area contributed by atoms with Crippen molar-refractivity contribution < 1.29 is 20.4 Å². The largest absolute Gasteiger partial charge is 0.394 e. The van der Waals surface area contributed by atoms with Gasteiger partial charge >= 0.3 is 0 Å². The molecular formula is C6H14N4O4. The molecule has 0 rings (SSSR count). The zero-order chi connectivity index (χ0) is 11.1. The molecule has 0 aliphatic heterocycles. The van der Waals surface area contributed by atoms with Crippen molar-refractivity contribution in [3.8, 4) is 0 Å². The second-order valence-corrected chi connectivity index (χ2v) is 2.52. The van der Waals surface area contributed by atoms with Gasteiger partial charge in [0.2, 0.25) is 0 Å². The number of nitrogens with two attached hydrogens (primary N) is 2. The summed E-state index contributed by atoms with van der Waals surface area (Å²) >= 11 is 0. The molecule has 0 aliphatic carbocycles. The first-order valence-electron chi connectivity index (χ1n) is 3.74. The molecule has 0 amide bonds. The van der Waals surface area contributed by atoms with Gasteiger partial charge in [-0.05, 0) is 0 Å². The first kappa shape index (κ1) is 12.8. The molecule has 8 nitrogen and oxygen atoms in total. The molecule has 0 aliphatic rings. The molecule has 0 fully saturated rings. The maximum absolute atomic E-state index is 9.33. The van der Waals surface area contributed by atoms with Crippen LogP contribution in [0.1, 0.15) is 0 Å². The van der Waals surface area contributed by atoms with Crippen LogP contribution in [0.5, 0.6) is 0 Å². The van der Waals surface area contributed by atoms with Crippen LogP contribution in [0.2, 0.25) is 0 Å². The molecule has 14 heavy (non-hydrogen) atoms. The van der Waals surface area contributed by atoms with Crippen molar-refractivity contribution in [2.45, 2.75) is 18.3 Å². The minimum Gasteiger partial charge on any atom is -0.394 e. The summed E-state index contributed by atoms with van der Waals surface area (Å²) in [5.74, 6) is 9.65. The predicted molar refractivity (Wildman–Crippen MR) is 49.4 cm³/mol. The summed E-state index contributed by atoms with van der Waals surface area (Å²) in [7, 11) is 0. The molecule has 3 atom stereocenters. The topological polar surface area (TPSA) is 158 Å². The fourth-order valence-electron chi connectivity index (χ4n) is 0.756. The van der Waals surface area contributed by atoms with Gasteiger partial charge in [0, 0.05) is 0 Å². The Balaban J connectivity index is 4.50. The lowest BCUT2D eigenvalue weighted by Gasteiger charge is -2.20. The molecule has 0 bridgehead atoms. The molecule has 0 saturated heterocycles. The Morgan fingerprint density at radius 2 is 1.86 bits per heavy atom. The van der Waals surface area contributed by atoms with Crippen LogP contribution in [0.3, 0.4) is 0 Å². The number of hydrazone groups is 2. The van der Waals surface area contributed by atoms with E-state index in [0.717, 1.165) is 6.21 Å². The molecule has 0 aromatic carbocycles. The lowest BCUT2D eigenvalue weighted by Crippen LogP contribution is -2.44. The van der Waals surface area contributed by atoms with Gasteiger partial charge < -0.3 is 32.1 Å². The van der Waals surface area contributed by atoms with Crippen LogP contribution in [0.15, 0.2) is 10.2 Å². The minimum atomic E-state index is -1.61. The van der Waals surface area contributed by atoms with Crippen LogP contribution in [-0.4, -0.2) is 57.3 Å². The third-order valence-corrected chi connectivity index (χ3v) is 1.56. The third-order valence-electron chi connectivity index (χ3n) is 1.56. The Morgan fingerprint density at radius 1 is 1.29 bits per heavy atom. The van der Waals surface area contributed by atoms with Crippen LogP contribution in [0, 0.1) is 0 Å². The molecule has 82 valence electrons. The van der Waals surface area contributed by atoms with Gasteiger partial charge in [0.25, 0.3) is 0 Å². The van der Waals surface area contributed by atoms with Gasteiger partial charge in [-0.25, -0.2) is 0 Å². The van der Waals surface area contributed by atoms with E-state index < -0.39 is 24.9 Å². The maximum atomic E-state index is 9.33. The fraction of sp³-hybridized carbons (Fsp3) is 0.667. The van der Waals surface area contributed by atoms with E-state index >= 15 is 0 Å². The van der Waals surface area contributed by atoms with Gasteiger partial charge in [-0.2, -0.15) is 10.2 Å². The number of hydrogen-bond donors (Lipinski definition) is 6. The molecule has 8 N–H and O–H groups in total. The van der Waals surface area contributed by atoms with Gasteiger partial charge in [-0.1, -0.05) is 0 Å². The smallest absolute Gasteiger partial charge is 0.128 e. The first-order valence-corrected chi connectivity index (χ1v) is 3.74. The Morgan fingerprint density at radius 3 is 2.21 bits per heavy atom. The average Bonchev–Trinajstić information content (AvgIpc) is 2.22. The Labute approximate surface area is 80.2 Å². The second kappa shape index (κ2) is 6.27.